The fourth-order valence-corrected chi connectivity index (χ4v) is 8.32. The van der Waals surface area contributed by atoms with E-state index in [1.807, 2.05) is 0 Å². The van der Waals surface area contributed by atoms with Gasteiger partial charge in [0.1, 0.15) is 0 Å². The van der Waals surface area contributed by atoms with Crippen LogP contribution in [0.2, 0.25) is 0 Å². The molecule has 0 heterocycles. The molecular weight excluding hydrogens is 673 g/mol. The molecule has 4 rings (SSSR count). The zero-order valence-electron chi connectivity index (χ0n) is 34.2. The highest BCUT2D eigenvalue weighted by molar-refractivity contribution is 5.90. The van der Waals surface area contributed by atoms with Crippen LogP contribution in [0.3, 0.4) is 0 Å². The number of aliphatic hydroxyl groups is 2. The molecule has 0 amide bonds. The Labute approximate surface area is 326 Å². The third-order valence-electron chi connectivity index (χ3n) is 12.4. The molecule has 6 nitrogen and oxygen atoms in total. The Balaban J connectivity index is 1.21. The lowest BCUT2D eigenvalue weighted by Crippen LogP contribution is -2.31. The maximum atomic E-state index is 12.5. The zero-order valence-corrected chi connectivity index (χ0v) is 34.2. The Kier molecular flexibility index (Phi) is 16.6. The summed E-state index contributed by atoms with van der Waals surface area (Å²) in [5, 5.41) is 20.3. The van der Waals surface area contributed by atoms with E-state index >= 15 is 0 Å². The average Bonchev–Trinajstić information content (AvgIpc) is 3.16. The van der Waals surface area contributed by atoms with Crippen molar-refractivity contribution < 1.29 is 29.3 Å². The molecule has 0 unspecified atom stereocenters. The minimum atomic E-state index is -1.40. The predicted molar refractivity (Wildman–Crippen MR) is 219 cm³/mol. The summed E-state index contributed by atoms with van der Waals surface area (Å²) in [4.78, 5) is 25.0. The van der Waals surface area contributed by atoms with Crippen molar-refractivity contribution in [1.82, 2.24) is 0 Å². The molecule has 0 saturated heterocycles. The second-order valence-electron chi connectivity index (χ2n) is 17.6. The Bertz CT molecular complexity index is 1430. The number of carbonyl (C=O) groups is 2. The molecule has 0 aliphatic heterocycles. The molecule has 2 aromatic rings. The van der Waals surface area contributed by atoms with Crippen molar-refractivity contribution in [3.05, 3.63) is 95.1 Å². The van der Waals surface area contributed by atoms with Crippen molar-refractivity contribution in [2.45, 2.75) is 154 Å². The van der Waals surface area contributed by atoms with Crippen LogP contribution in [0.15, 0.2) is 72.8 Å². The van der Waals surface area contributed by atoms with E-state index in [9.17, 15) is 19.8 Å². The number of hydrogen-bond acceptors (Lipinski definition) is 6. The van der Waals surface area contributed by atoms with Gasteiger partial charge in [0.2, 0.25) is 0 Å². The van der Waals surface area contributed by atoms with Crippen molar-refractivity contribution in [1.29, 1.82) is 0 Å². The van der Waals surface area contributed by atoms with Gasteiger partial charge in [-0.25, -0.2) is 9.59 Å². The van der Waals surface area contributed by atoms with Gasteiger partial charge in [-0.3, -0.25) is 0 Å². The van der Waals surface area contributed by atoms with Crippen LogP contribution in [-0.4, -0.2) is 46.6 Å². The van der Waals surface area contributed by atoms with Gasteiger partial charge >= 0.3 is 11.9 Å². The van der Waals surface area contributed by atoms with Gasteiger partial charge in [-0.15, -0.1) is 0 Å². The Morgan fingerprint density at radius 3 is 1.54 bits per heavy atom. The summed E-state index contributed by atoms with van der Waals surface area (Å²) in [6.45, 7) is 15.5. The first-order valence-corrected chi connectivity index (χ1v) is 21.0. The third-order valence-corrected chi connectivity index (χ3v) is 12.4. The molecule has 298 valence electrons. The van der Waals surface area contributed by atoms with Crippen molar-refractivity contribution in [3.63, 3.8) is 0 Å². The van der Waals surface area contributed by atoms with Crippen molar-refractivity contribution in [2.24, 2.45) is 23.7 Å². The Morgan fingerprint density at radius 2 is 1.09 bits per heavy atom. The molecule has 2 aromatic carbocycles. The molecule has 0 aromatic heterocycles. The van der Waals surface area contributed by atoms with Crippen LogP contribution in [0.1, 0.15) is 146 Å². The highest BCUT2D eigenvalue weighted by atomic mass is 16.5. The highest BCUT2D eigenvalue weighted by Gasteiger charge is 2.32. The SMILES string of the molecule is C=C(C(=O)OCC(CCc1ccc(CCc2ccc(C3CCC(C4CCC(CCCCC)CC4)CC3)cc2)cc1)COC(=O)C(=C)C(C)(C)O)C(C)(C)O. The van der Waals surface area contributed by atoms with Gasteiger partial charge in [0.15, 0.2) is 0 Å². The predicted octanol–water partition coefficient (Wildman–Crippen LogP) is 10.4. The average molecular weight is 743 g/mol. The summed E-state index contributed by atoms with van der Waals surface area (Å²) in [5.74, 6) is 1.97. The van der Waals surface area contributed by atoms with Crippen LogP contribution >= 0.6 is 0 Å². The second-order valence-corrected chi connectivity index (χ2v) is 17.6. The monoisotopic (exact) mass is 743 g/mol. The summed E-state index contributed by atoms with van der Waals surface area (Å²) in [7, 11) is 0. The number of rotatable bonds is 20. The molecule has 0 radical (unpaired) electrons. The van der Waals surface area contributed by atoms with Crippen LogP contribution in [0.5, 0.6) is 0 Å². The van der Waals surface area contributed by atoms with Gasteiger partial charge < -0.3 is 19.7 Å². The quantitative estimate of drug-likeness (QED) is 0.0797. The van der Waals surface area contributed by atoms with Crippen molar-refractivity contribution in [3.8, 4) is 0 Å². The number of ether oxygens (including phenoxy) is 2. The van der Waals surface area contributed by atoms with Gasteiger partial charge in [-0.05, 0) is 138 Å². The lowest BCUT2D eigenvalue weighted by molar-refractivity contribution is -0.146. The van der Waals surface area contributed by atoms with Crippen LogP contribution < -0.4 is 0 Å². The summed E-state index contributed by atoms with van der Waals surface area (Å²) < 4.78 is 10.9. The lowest BCUT2D eigenvalue weighted by atomic mass is 9.68. The lowest BCUT2D eigenvalue weighted by Gasteiger charge is -2.38. The largest absolute Gasteiger partial charge is 0.462 e. The van der Waals surface area contributed by atoms with Crippen LogP contribution in [0, 0.1) is 23.7 Å². The van der Waals surface area contributed by atoms with Crippen LogP contribution in [0.4, 0.5) is 0 Å². The maximum Gasteiger partial charge on any atom is 0.336 e. The van der Waals surface area contributed by atoms with Gasteiger partial charge in [-0.2, -0.15) is 0 Å². The first-order valence-electron chi connectivity index (χ1n) is 21.0. The molecule has 0 bridgehead atoms. The van der Waals surface area contributed by atoms with E-state index in [0.717, 1.165) is 36.2 Å². The van der Waals surface area contributed by atoms with E-state index in [0.29, 0.717) is 18.8 Å². The number of benzene rings is 2. The van der Waals surface area contributed by atoms with E-state index in [4.69, 9.17) is 9.47 Å². The van der Waals surface area contributed by atoms with Gasteiger partial charge in [-0.1, -0.05) is 107 Å². The summed E-state index contributed by atoms with van der Waals surface area (Å²) >= 11 is 0. The number of carbonyl (C=O) groups excluding carboxylic acids is 2. The van der Waals surface area contributed by atoms with E-state index < -0.39 is 23.1 Å². The van der Waals surface area contributed by atoms with Crippen molar-refractivity contribution in [2.75, 3.05) is 13.2 Å². The molecule has 0 spiro atoms. The minimum Gasteiger partial charge on any atom is -0.462 e. The first-order chi connectivity index (χ1) is 25.6. The summed E-state index contributed by atoms with van der Waals surface area (Å²) in [6.07, 6.45) is 20.3. The van der Waals surface area contributed by atoms with E-state index in [-0.39, 0.29) is 30.3 Å². The number of unbranched alkanes of at least 4 members (excludes halogenated alkanes) is 2. The molecule has 2 aliphatic carbocycles. The smallest absolute Gasteiger partial charge is 0.336 e. The number of aryl methyl sites for hydroxylation is 3. The molecule has 6 heteroatoms. The van der Waals surface area contributed by atoms with Gasteiger partial charge in [0.25, 0.3) is 0 Å². The van der Waals surface area contributed by atoms with Gasteiger partial charge in [0.05, 0.1) is 35.6 Å². The van der Waals surface area contributed by atoms with E-state index in [1.54, 1.807) is 0 Å². The van der Waals surface area contributed by atoms with Crippen LogP contribution in [-0.2, 0) is 38.3 Å². The first kappa shape index (κ1) is 43.5. The van der Waals surface area contributed by atoms with E-state index in [2.05, 4.69) is 68.6 Å². The van der Waals surface area contributed by atoms with Gasteiger partial charge in [0, 0.05) is 5.92 Å². The van der Waals surface area contributed by atoms with E-state index in [1.165, 1.54) is 121 Å². The number of hydrogen-bond donors (Lipinski definition) is 2. The topological polar surface area (TPSA) is 93.1 Å². The molecule has 0 atom stereocenters. The maximum absolute atomic E-state index is 12.5. The standard InChI is InChI=1S/C48H70O6/c1-8-9-10-11-36-20-24-41(25-21-36)43-28-30-44(31-29-43)42-26-22-39(23-27-42)17-16-37-12-14-38(15-13-37)18-19-40(32-53-45(49)34(2)47(4,5)51)33-54-46(50)35(3)48(6,7)52/h12-15,22-23,26-27,36,40-41,43-44,51-52H,2-3,8-11,16-21,24-25,28-33H2,1,4-7H3. The Morgan fingerprint density at radius 1 is 0.667 bits per heavy atom. The number of esters is 2. The summed E-state index contributed by atoms with van der Waals surface area (Å²) in [6, 6.07) is 18.1. The zero-order chi connectivity index (χ0) is 39.3. The normalized spacial score (nSPS) is 20.7. The molecular formula is C48H70O6. The fraction of sp³-hybridized carbons (Fsp3) is 0.625. The van der Waals surface area contributed by atoms with Crippen molar-refractivity contribution >= 4 is 11.9 Å². The van der Waals surface area contributed by atoms with Crippen LogP contribution in [0.25, 0.3) is 0 Å². The molecule has 2 fully saturated rings. The molecule has 54 heavy (non-hydrogen) atoms. The fourth-order valence-electron chi connectivity index (χ4n) is 8.32. The third kappa shape index (κ3) is 13.8. The minimum absolute atomic E-state index is 0.00549. The Hall–Kier alpha value is -3.22. The highest BCUT2D eigenvalue weighted by Crippen LogP contribution is 2.44. The second kappa shape index (κ2) is 20.6. The summed E-state index contributed by atoms with van der Waals surface area (Å²) in [5.41, 5.74) is 2.42. The molecule has 2 N–H and O–H groups in total. The molecule has 2 saturated carbocycles. The molecule has 2 aliphatic rings.